The number of piperazine rings is 1. The predicted octanol–water partition coefficient (Wildman–Crippen LogP) is 0.735. The first kappa shape index (κ1) is 12.6. The van der Waals surface area contributed by atoms with Crippen molar-refractivity contribution in [2.75, 3.05) is 31.1 Å². The third-order valence-electron chi connectivity index (χ3n) is 3.21. The van der Waals surface area contributed by atoms with Crippen molar-refractivity contribution in [2.45, 2.75) is 6.92 Å². The van der Waals surface area contributed by atoms with Crippen LogP contribution in [0.4, 0.5) is 5.95 Å². The van der Waals surface area contributed by atoms with Crippen LogP contribution in [0.1, 0.15) is 16.4 Å². The van der Waals surface area contributed by atoms with E-state index >= 15 is 0 Å². The number of oxazole rings is 1. The van der Waals surface area contributed by atoms with Crippen LogP contribution in [0, 0.1) is 6.92 Å². The van der Waals surface area contributed by atoms with Crippen LogP contribution in [0.5, 0.6) is 0 Å². The second kappa shape index (κ2) is 5.28. The number of rotatable bonds is 2. The molecule has 20 heavy (non-hydrogen) atoms. The minimum atomic E-state index is -0.160. The van der Waals surface area contributed by atoms with Crippen LogP contribution < -0.4 is 4.90 Å². The second-order valence-corrected chi connectivity index (χ2v) is 4.60. The Kier molecular flexibility index (Phi) is 3.32. The lowest BCUT2D eigenvalue weighted by Crippen LogP contribution is -2.49. The van der Waals surface area contributed by atoms with E-state index in [4.69, 9.17) is 4.42 Å². The van der Waals surface area contributed by atoms with Gasteiger partial charge in [0.05, 0.1) is 6.20 Å². The van der Waals surface area contributed by atoms with Gasteiger partial charge in [-0.3, -0.25) is 4.79 Å². The first-order valence-electron chi connectivity index (χ1n) is 6.48. The summed E-state index contributed by atoms with van der Waals surface area (Å²) in [6.07, 6.45) is 4.99. The summed E-state index contributed by atoms with van der Waals surface area (Å²) in [7, 11) is 0. The molecule has 0 spiro atoms. The Morgan fingerprint density at radius 1 is 1.15 bits per heavy atom. The van der Waals surface area contributed by atoms with Gasteiger partial charge in [-0.2, -0.15) is 0 Å². The maximum atomic E-state index is 12.2. The number of amides is 1. The van der Waals surface area contributed by atoms with Gasteiger partial charge in [-0.15, -0.1) is 0 Å². The molecular weight excluding hydrogens is 258 g/mol. The number of carbonyl (C=O) groups excluding carboxylic acids is 1. The fourth-order valence-corrected chi connectivity index (χ4v) is 2.15. The zero-order valence-corrected chi connectivity index (χ0v) is 11.2. The minimum absolute atomic E-state index is 0.159. The molecule has 104 valence electrons. The number of anilines is 1. The van der Waals surface area contributed by atoms with Gasteiger partial charge >= 0.3 is 5.91 Å². The molecule has 7 heteroatoms. The lowest BCUT2D eigenvalue weighted by molar-refractivity contribution is 0.0704. The highest BCUT2D eigenvalue weighted by molar-refractivity contribution is 5.89. The summed E-state index contributed by atoms with van der Waals surface area (Å²) in [6, 6.07) is 1.79. The average molecular weight is 273 g/mol. The quantitative estimate of drug-likeness (QED) is 0.803. The third kappa shape index (κ3) is 2.47. The minimum Gasteiger partial charge on any atom is -0.438 e. The molecule has 3 rings (SSSR count). The highest BCUT2D eigenvalue weighted by atomic mass is 16.4. The number of nitrogens with zero attached hydrogens (tertiary/aromatic N) is 5. The Bertz CT molecular complexity index is 590. The van der Waals surface area contributed by atoms with Gasteiger partial charge in [0, 0.05) is 38.6 Å². The molecule has 0 saturated carbocycles. The van der Waals surface area contributed by atoms with Crippen LogP contribution in [-0.2, 0) is 0 Å². The topological polar surface area (TPSA) is 75.4 Å². The van der Waals surface area contributed by atoms with E-state index in [-0.39, 0.29) is 11.8 Å². The number of carbonyl (C=O) groups is 1. The van der Waals surface area contributed by atoms with Gasteiger partial charge in [-0.05, 0) is 13.0 Å². The fraction of sp³-hybridized carbons (Fsp3) is 0.385. The molecule has 2 aromatic heterocycles. The molecule has 1 fully saturated rings. The van der Waals surface area contributed by atoms with E-state index < -0.39 is 0 Å². The van der Waals surface area contributed by atoms with Crippen LogP contribution >= 0.6 is 0 Å². The van der Waals surface area contributed by atoms with Crippen molar-refractivity contribution in [3.63, 3.8) is 0 Å². The lowest BCUT2D eigenvalue weighted by Gasteiger charge is -2.33. The summed E-state index contributed by atoms with van der Waals surface area (Å²) in [4.78, 5) is 28.4. The highest BCUT2D eigenvalue weighted by Crippen LogP contribution is 2.12. The van der Waals surface area contributed by atoms with Crippen LogP contribution in [0.15, 0.2) is 29.1 Å². The zero-order valence-electron chi connectivity index (χ0n) is 11.2. The van der Waals surface area contributed by atoms with E-state index in [9.17, 15) is 4.79 Å². The molecule has 3 heterocycles. The molecule has 1 saturated heterocycles. The van der Waals surface area contributed by atoms with Gasteiger partial charge in [0.1, 0.15) is 5.76 Å². The lowest BCUT2D eigenvalue weighted by atomic mass is 10.3. The van der Waals surface area contributed by atoms with E-state index in [1.54, 1.807) is 36.5 Å². The molecule has 2 aromatic rings. The number of aryl methyl sites for hydroxylation is 1. The Labute approximate surface area is 116 Å². The molecule has 1 aliphatic heterocycles. The van der Waals surface area contributed by atoms with Crippen molar-refractivity contribution in [1.82, 2.24) is 19.9 Å². The number of hydrogen-bond donors (Lipinski definition) is 0. The van der Waals surface area contributed by atoms with E-state index in [1.807, 2.05) is 0 Å². The zero-order chi connectivity index (χ0) is 13.9. The SMILES string of the molecule is Cc1cnc(C(=O)N2CCN(c3ncccn3)CC2)o1. The largest absolute Gasteiger partial charge is 0.438 e. The van der Waals surface area contributed by atoms with Gasteiger partial charge in [-0.25, -0.2) is 15.0 Å². The van der Waals surface area contributed by atoms with Crippen molar-refractivity contribution in [3.8, 4) is 0 Å². The first-order chi connectivity index (χ1) is 9.74. The fourth-order valence-electron chi connectivity index (χ4n) is 2.15. The highest BCUT2D eigenvalue weighted by Gasteiger charge is 2.25. The summed E-state index contributed by atoms with van der Waals surface area (Å²) in [5.41, 5.74) is 0. The van der Waals surface area contributed by atoms with Gasteiger partial charge in [0.25, 0.3) is 5.89 Å². The normalized spacial score (nSPS) is 15.4. The van der Waals surface area contributed by atoms with Crippen LogP contribution in [0.25, 0.3) is 0 Å². The molecule has 0 radical (unpaired) electrons. The van der Waals surface area contributed by atoms with Gasteiger partial charge in [-0.1, -0.05) is 0 Å². The van der Waals surface area contributed by atoms with Crippen LogP contribution in [-0.4, -0.2) is 51.9 Å². The maximum Gasteiger partial charge on any atom is 0.309 e. The van der Waals surface area contributed by atoms with Gasteiger partial charge in [0.15, 0.2) is 0 Å². The molecule has 0 bridgehead atoms. The molecule has 1 aliphatic rings. The number of hydrogen-bond acceptors (Lipinski definition) is 6. The van der Waals surface area contributed by atoms with Crippen molar-refractivity contribution in [3.05, 3.63) is 36.3 Å². The van der Waals surface area contributed by atoms with Gasteiger partial charge in [0.2, 0.25) is 5.95 Å². The van der Waals surface area contributed by atoms with Crippen molar-refractivity contribution < 1.29 is 9.21 Å². The Morgan fingerprint density at radius 3 is 2.45 bits per heavy atom. The van der Waals surface area contributed by atoms with Crippen molar-refractivity contribution >= 4 is 11.9 Å². The molecule has 0 unspecified atom stereocenters. The van der Waals surface area contributed by atoms with Crippen LogP contribution in [0.3, 0.4) is 0 Å². The average Bonchev–Trinajstić information content (AvgIpc) is 2.94. The van der Waals surface area contributed by atoms with E-state index in [0.29, 0.717) is 37.9 Å². The second-order valence-electron chi connectivity index (χ2n) is 4.60. The molecule has 0 aromatic carbocycles. The third-order valence-corrected chi connectivity index (χ3v) is 3.21. The Hall–Kier alpha value is -2.44. The number of aromatic nitrogens is 3. The summed E-state index contributed by atoms with van der Waals surface area (Å²) in [5.74, 6) is 1.34. The molecule has 7 nitrogen and oxygen atoms in total. The van der Waals surface area contributed by atoms with E-state index in [1.165, 1.54) is 0 Å². The molecule has 0 atom stereocenters. The first-order valence-corrected chi connectivity index (χ1v) is 6.48. The Balaban J connectivity index is 1.63. The summed E-state index contributed by atoms with van der Waals surface area (Å²) < 4.78 is 5.27. The molecular formula is C13H15N5O2. The van der Waals surface area contributed by atoms with Crippen LogP contribution in [0.2, 0.25) is 0 Å². The standard InChI is InChI=1S/C13H15N5O2/c1-10-9-16-11(20-10)12(19)17-5-7-18(8-6-17)13-14-3-2-4-15-13/h2-4,9H,5-8H2,1H3. The van der Waals surface area contributed by atoms with E-state index in [2.05, 4.69) is 19.9 Å². The predicted molar refractivity (Wildman–Crippen MR) is 71.4 cm³/mol. The Morgan fingerprint density at radius 2 is 1.85 bits per heavy atom. The molecule has 0 N–H and O–H groups in total. The molecule has 0 aliphatic carbocycles. The van der Waals surface area contributed by atoms with Gasteiger partial charge < -0.3 is 14.2 Å². The van der Waals surface area contributed by atoms with Crippen molar-refractivity contribution in [2.24, 2.45) is 0 Å². The summed E-state index contributed by atoms with van der Waals surface area (Å²) >= 11 is 0. The maximum absolute atomic E-state index is 12.2. The smallest absolute Gasteiger partial charge is 0.309 e. The monoisotopic (exact) mass is 273 g/mol. The van der Waals surface area contributed by atoms with Crippen molar-refractivity contribution in [1.29, 1.82) is 0 Å². The van der Waals surface area contributed by atoms with E-state index in [0.717, 1.165) is 0 Å². The molecule has 1 amide bonds. The summed E-state index contributed by atoms with van der Waals surface area (Å²) in [5, 5.41) is 0. The summed E-state index contributed by atoms with van der Waals surface area (Å²) in [6.45, 7) is 4.40.